The first-order valence-corrected chi connectivity index (χ1v) is 7.76. The van der Waals surface area contributed by atoms with Crippen LogP contribution < -0.4 is 11.1 Å². The van der Waals surface area contributed by atoms with Crippen molar-refractivity contribution in [2.75, 3.05) is 25.0 Å². The molecule has 0 aromatic heterocycles. The van der Waals surface area contributed by atoms with Crippen LogP contribution in [0.4, 0.5) is 11.4 Å². The highest BCUT2D eigenvalue weighted by Crippen LogP contribution is 2.23. The number of primary amides is 1. The fourth-order valence-corrected chi connectivity index (χ4v) is 2.63. The van der Waals surface area contributed by atoms with E-state index in [1.807, 2.05) is 48.5 Å². The van der Waals surface area contributed by atoms with Crippen LogP contribution in [0.2, 0.25) is 0 Å². The predicted octanol–water partition coefficient (Wildman–Crippen LogP) is 1.76. The summed E-state index contributed by atoms with van der Waals surface area (Å²) in [4.78, 5) is 25.8. The van der Waals surface area contributed by atoms with E-state index in [1.54, 1.807) is 11.0 Å². The van der Waals surface area contributed by atoms with Crippen molar-refractivity contribution in [2.45, 2.75) is 6.10 Å². The first kappa shape index (κ1) is 16.0. The van der Waals surface area contributed by atoms with Crippen molar-refractivity contribution < 1.29 is 14.3 Å². The number of rotatable bonds is 4. The summed E-state index contributed by atoms with van der Waals surface area (Å²) in [7, 11) is 0. The molecular formula is C18H19N3O3. The summed E-state index contributed by atoms with van der Waals surface area (Å²) in [5.74, 6) is -0.702. The number of nitrogens with zero attached hydrogens (tertiary/aromatic N) is 1. The third-order valence-electron chi connectivity index (χ3n) is 3.88. The summed E-state index contributed by atoms with van der Waals surface area (Å²) in [5.41, 5.74) is 7.45. The zero-order valence-electron chi connectivity index (χ0n) is 13.1. The molecule has 1 atom stereocenters. The number of carbonyl (C=O) groups is 2. The minimum Gasteiger partial charge on any atom is -0.367 e. The van der Waals surface area contributed by atoms with Crippen molar-refractivity contribution in [3.05, 3.63) is 60.2 Å². The highest BCUT2D eigenvalue weighted by Gasteiger charge is 2.29. The maximum Gasteiger partial charge on any atom is 0.256 e. The molecule has 1 heterocycles. The van der Waals surface area contributed by atoms with Gasteiger partial charge in [0.2, 0.25) is 5.91 Å². The molecule has 124 valence electrons. The van der Waals surface area contributed by atoms with Crippen molar-refractivity contribution in [1.82, 2.24) is 4.90 Å². The molecule has 1 aliphatic rings. The lowest BCUT2D eigenvalue weighted by Gasteiger charge is -2.31. The first-order chi connectivity index (χ1) is 11.6. The Bertz CT molecular complexity index is 733. The van der Waals surface area contributed by atoms with Gasteiger partial charge in [-0.05, 0) is 24.3 Å². The van der Waals surface area contributed by atoms with E-state index < -0.39 is 12.0 Å². The van der Waals surface area contributed by atoms with Crippen LogP contribution in [0.3, 0.4) is 0 Å². The van der Waals surface area contributed by atoms with E-state index in [4.69, 9.17) is 10.5 Å². The number of carbonyl (C=O) groups excluding carboxylic acids is 2. The number of para-hydroxylation sites is 2. The van der Waals surface area contributed by atoms with Gasteiger partial charge in [-0.15, -0.1) is 0 Å². The second kappa shape index (κ2) is 7.14. The van der Waals surface area contributed by atoms with Gasteiger partial charge in [-0.1, -0.05) is 30.3 Å². The fraction of sp³-hybridized carbons (Fsp3) is 0.222. The minimum absolute atomic E-state index is 0.149. The molecule has 2 aromatic carbocycles. The Morgan fingerprint density at radius 1 is 1.08 bits per heavy atom. The Labute approximate surface area is 140 Å². The third kappa shape index (κ3) is 3.55. The average Bonchev–Trinajstić information content (AvgIpc) is 2.62. The van der Waals surface area contributed by atoms with Crippen LogP contribution in [0.25, 0.3) is 0 Å². The Morgan fingerprint density at radius 3 is 2.54 bits per heavy atom. The van der Waals surface area contributed by atoms with Crippen LogP contribution >= 0.6 is 0 Å². The van der Waals surface area contributed by atoms with Crippen molar-refractivity contribution in [3.63, 3.8) is 0 Å². The van der Waals surface area contributed by atoms with E-state index in [0.29, 0.717) is 18.7 Å². The number of hydrogen-bond acceptors (Lipinski definition) is 4. The largest absolute Gasteiger partial charge is 0.367 e. The van der Waals surface area contributed by atoms with Gasteiger partial charge in [0, 0.05) is 12.2 Å². The second-order valence-corrected chi connectivity index (χ2v) is 5.55. The molecule has 0 saturated carbocycles. The molecule has 3 rings (SSSR count). The van der Waals surface area contributed by atoms with Gasteiger partial charge in [0.25, 0.3) is 5.91 Å². The van der Waals surface area contributed by atoms with Crippen LogP contribution in [0.5, 0.6) is 0 Å². The number of amides is 2. The van der Waals surface area contributed by atoms with Gasteiger partial charge in [-0.2, -0.15) is 0 Å². The highest BCUT2D eigenvalue weighted by molar-refractivity contribution is 6.00. The molecule has 0 unspecified atom stereocenters. The molecular weight excluding hydrogens is 306 g/mol. The number of ether oxygens (including phenoxy) is 1. The zero-order valence-corrected chi connectivity index (χ0v) is 13.1. The van der Waals surface area contributed by atoms with Gasteiger partial charge < -0.3 is 20.7 Å². The average molecular weight is 325 g/mol. The SMILES string of the molecule is NC(=O)[C@H]1CN(C(=O)c2ccccc2Nc2ccccc2)CCO1. The molecule has 0 bridgehead atoms. The van der Waals surface area contributed by atoms with Crippen LogP contribution in [-0.4, -0.2) is 42.5 Å². The quantitative estimate of drug-likeness (QED) is 0.897. The number of hydrogen-bond donors (Lipinski definition) is 2. The van der Waals surface area contributed by atoms with E-state index in [-0.39, 0.29) is 12.5 Å². The van der Waals surface area contributed by atoms with E-state index in [1.165, 1.54) is 0 Å². The lowest BCUT2D eigenvalue weighted by molar-refractivity contribution is -0.133. The monoisotopic (exact) mass is 325 g/mol. The van der Waals surface area contributed by atoms with Crippen molar-refractivity contribution in [2.24, 2.45) is 5.73 Å². The summed E-state index contributed by atoms with van der Waals surface area (Å²) in [6, 6.07) is 16.9. The van der Waals surface area contributed by atoms with Crippen LogP contribution in [0, 0.1) is 0 Å². The van der Waals surface area contributed by atoms with Crippen molar-refractivity contribution in [1.29, 1.82) is 0 Å². The molecule has 0 spiro atoms. The first-order valence-electron chi connectivity index (χ1n) is 7.76. The number of nitrogens with one attached hydrogen (secondary N) is 1. The number of morpholine rings is 1. The third-order valence-corrected chi connectivity index (χ3v) is 3.88. The normalized spacial score (nSPS) is 17.3. The molecule has 6 heteroatoms. The molecule has 2 aromatic rings. The summed E-state index contributed by atoms with van der Waals surface area (Å²) < 4.78 is 5.30. The Kier molecular flexibility index (Phi) is 4.77. The van der Waals surface area contributed by atoms with E-state index in [2.05, 4.69) is 5.32 Å². The second-order valence-electron chi connectivity index (χ2n) is 5.55. The van der Waals surface area contributed by atoms with E-state index >= 15 is 0 Å². The summed E-state index contributed by atoms with van der Waals surface area (Å²) >= 11 is 0. The molecule has 3 N–H and O–H groups in total. The van der Waals surface area contributed by atoms with Gasteiger partial charge in [-0.3, -0.25) is 9.59 Å². The Hall–Kier alpha value is -2.86. The van der Waals surface area contributed by atoms with Crippen LogP contribution in [0.1, 0.15) is 10.4 Å². The summed E-state index contributed by atoms with van der Waals surface area (Å²) in [6.45, 7) is 0.906. The van der Waals surface area contributed by atoms with Gasteiger partial charge in [0.1, 0.15) is 0 Å². The molecule has 0 radical (unpaired) electrons. The predicted molar refractivity (Wildman–Crippen MR) is 91.0 cm³/mol. The van der Waals surface area contributed by atoms with Gasteiger partial charge in [0.15, 0.2) is 6.10 Å². The van der Waals surface area contributed by atoms with E-state index in [0.717, 1.165) is 11.4 Å². The number of anilines is 2. The van der Waals surface area contributed by atoms with E-state index in [9.17, 15) is 9.59 Å². The number of benzene rings is 2. The Morgan fingerprint density at radius 2 is 1.79 bits per heavy atom. The van der Waals surface area contributed by atoms with Crippen LogP contribution in [0.15, 0.2) is 54.6 Å². The number of nitrogens with two attached hydrogens (primary N) is 1. The maximum absolute atomic E-state index is 12.9. The molecule has 0 aliphatic carbocycles. The molecule has 2 amide bonds. The fourth-order valence-electron chi connectivity index (χ4n) is 2.63. The van der Waals surface area contributed by atoms with Crippen molar-refractivity contribution in [3.8, 4) is 0 Å². The van der Waals surface area contributed by atoms with Gasteiger partial charge in [-0.25, -0.2) is 0 Å². The van der Waals surface area contributed by atoms with Crippen LogP contribution in [-0.2, 0) is 9.53 Å². The Balaban J connectivity index is 1.81. The standard InChI is InChI=1S/C18H19N3O3/c19-17(22)16-12-21(10-11-24-16)18(23)14-8-4-5-9-15(14)20-13-6-2-1-3-7-13/h1-9,16,20H,10-12H2,(H2,19,22)/t16-/m1/s1. The zero-order chi connectivity index (χ0) is 16.9. The summed E-state index contributed by atoms with van der Waals surface area (Å²) in [5, 5.41) is 3.26. The molecule has 1 aliphatic heterocycles. The maximum atomic E-state index is 12.9. The lowest BCUT2D eigenvalue weighted by atomic mass is 10.1. The molecule has 1 saturated heterocycles. The minimum atomic E-state index is -0.753. The molecule has 6 nitrogen and oxygen atoms in total. The lowest BCUT2D eigenvalue weighted by Crippen LogP contribution is -2.50. The molecule has 24 heavy (non-hydrogen) atoms. The smallest absolute Gasteiger partial charge is 0.256 e. The van der Waals surface area contributed by atoms with Gasteiger partial charge in [0.05, 0.1) is 24.4 Å². The summed E-state index contributed by atoms with van der Waals surface area (Å²) in [6.07, 6.45) is -0.753. The van der Waals surface area contributed by atoms with Gasteiger partial charge >= 0.3 is 0 Å². The molecule has 1 fully saturated rings. The topological polar surface area (TPSA) is 84.7 Å². The van der Waals surface area contributed by atoms with Crippen molar-refractivity contribution >= 4 is 23.2 Å². The highest BCUT2D eigenvalue weighted by atomic mass is 16.5.